The zero-order chi connectivity index (χ0) is 19.3. The topological polar surface area (TPSA) is 54.9 Å². The number of ether oxygens (including phenoxy) is 2. The monoisotopic (exact) mass is 393 g/mol. The Morgan fingerprint density at radius 1 is 1.19 bits per heavy atom. The Morgan fingerprint density at radius 3 is 2.70 bits per heavy atom. The van der Waals surface area contributed by atoms with Crippen LogP contribution in [0.4, 0.5) is 0 Å². The van der Waals surface area contributed by atoms with Gasteiger partial charge in [0, 0.05) is 13.1 Å². The molecule has 6 heteroatoms. The minimum absolute atomic E-state index is 0.332. The highest BCUT2D eigenvalue weighted by Crippen LogP contribution is 2.32. The van der Waals surface area contributed by atoms with Gasteiger partial charge in [-0.3, -0.25) is 0 Å². The van der Waals surface area contributed by atoms with Crippen LogP contribution >= 0.6 is 11.8 Å². The van der Waals surface area contributed by atoms with Crippen molar-refractivity contribution in [1.29, 1.82) is 0 Å². The van der Waals surface area contributed by atoms with Crippen LogP contribution in [0.15, 0.2) is 23.2 Å². The van der Waals surface area contributed by atoms with Gasteiger partial charge in [-0.1, -0.05) is 6.07 Å². The summed E-state index contributed by atoms with van der Waals surface area (Å²) in [6.45, 7) is 4.50. The van der Waals surface area contributed by atoms with Crippen molar-refractivity contribution >= 4 is 17.7 Å². The summed E-state index contributed by atoms with van der Waals surface area (Å²) in [6.07, 6.45) is 9.68. The highest BCUT2D eigenvalue weighted by atomic mass is 32.2. The lowest BCUT2D eigenvalue weighted by Gasteiger charge is -2.16. The van der Waals surface area contributed by atoms with Gasteiger partial charge < -0.3 is 20.1 Å². The molecular weight excluding hydrogens is 358 g/mol. The first kappa shape index (κ1) is 21.7. The van der Waals surface area contributed by atoms with Crippen molar-refractivity contribution in [3.05, 3.63) is 23.8 Å². The SMILES string of the molecule is CCNC(=NCc1ccc(OC2CCCC2)c(OC)c1)NCCCCSC. The number of nitrogens with one attached hydrogen (secondary N) is 2. The fourth-order valence-corrected chi connectivity index (χ4v) is 3.68. The molecule has 0 saturated heterocycles. The Bertz CT molecular complexity index is 575. The van der Waals surface area contributed by atoms with Gasteiger partial charge in [0.15, 0.2) is 17.5 Å². The van der Waals surface area contributed by atoms with E-state index in [9.17, 15) is 0 Å². The second-order valence-electron chi connectivity index (χ2n) is 6.83. The number of nitrogens with zero attached hydrogens (tertiary/aromatic N) is 1. The normalized spacial score (nSPS) is 15.0. The van der Waals surface area contributed by atoms with E-state index in [1.807, 2.05) is 23.9 Å². The quantitative estimate of drug-likeness (QED) is 0.335. The molecule has 0 atom stereocenters. The van der Waals surface area contributed by atoms with Crippen LogP contribution in [-0.4, -0.2) is 44.3 Å². The van der Waals surface area contributed by atoms with Crippen LogP contribution in [-0.2, 0) is 6.54 Å². The maximum absolute atomic E-state index is 6.11. The molecule has 0 unspecified atom stereocenters. The molecule has 0 radical (unpaired) electrons. The van der Waals surface area contributed by atoms with Crippen LogP contribution < -0.4 is 20.1 Å². The largest absolute Gasteiger partial charge is 0.493 e. The molecule has 152 valence electrons. The second-order valence-corrected chi connectivity index (χ2v) is 7.82. The van der Waals surface area contributed by atoms with Gasteiger partial charge in [0.25, 0.3) is 0 Å². The number of hydrogen-bond donors (Lipinski definition) is 2. The molecule has 1 aliphatic carbocycles. The number of rotatable bonds is 11. The van der Waals surface area contributed by atoms with E-state index in [-0.39, 0.29) is 0 Å². The number of unbranched alkanes of at least 4 members (excludes halogenated alkanes) is 1. The van der Waals surface area contributed by atoms with Crippen molar-refractivity contribution in [2.75, 3.05) is 32.2 Å². The summed E-state index contributed by atoms with van der Waals surface area (Å²) in [5.74, 6) is 3.72. The molecule has 1 aromatic rings. The number of thioether (sulfide) groups is 1. The summed E-state index contributed by atoms with van der Waals surface area (Å²) in [5, 5.41) is 6.72. The molecule has 0 bridgehead atoms. The zero-order valence-electron chi connectivity index (χ0n) is 17.1. The van der Waals surface area contributed by atoms with Gasteiger partial charge in [-0.15, -0.1) is 0 Å². The predicted octanol–water partition coefficient (Wildman–Crippen LogP) is 4.21. The van der Waals surface area contributed by atoms with Crippen LogP contribution in [0.25, 0.3) is 0 Å². The van der Waals surface area contributed by atoms with E-state index < -0.39 is 0 Å². The molecule has 1 saturated carbocycles. The molecule has 1 fully saturated rings. The van der Waals surface area contributed by atoms with Crippen molar-refractivity contribution in [2.24, 2.45) is 4.99 Å². The molecule has 2 N–H and O–H groups in total. The summed E-state index contributed by atoms with van der Waals surface area (Å²) < 4.78 is 11.7. The maximum atomic E-state index is 6.11. The van der Waals surface area contributed by atoms with Crippen LogP contribution in [0.2, 0.25) is 0 Å². The van der Waals surface area contributed by atoms with Crippen molar-refractivity contribution in [3.8, 4) is 11.5 Å². The smallest absolute Gasteiger partial charge is 0.191 e. The molecule has 1 aliphatic rings. The Hall–Kier alpha value is -1.56. The molecular formula is C21H35N3O2S. The molecule has 2 rings (SSSR count). The summed E-state index contributed by atoms with van der Waals surface area (Å²) in [5.41, 5.74) is 1.12. The van der Waals surface area contributed by atoms with Crippen LogP contribution in [0, 0.1) is 0 Å². The summed E-state index contributed by atoms with van der Waals surface area (Å²) in [4.78, 5) is 4.70. The summed E-state index contributed by atoms with van der Waals surface area (Å²) in [6, 6.07) is 6.14. The van der Waals surface area contributed by atoms with Crippen LogP contribution in [0.3, 0.4) is 0 Å². The second kappa shape index (κ2) is 12.8. The first-order valence-electron chi connectivity index (χ1n) is 10.1. The number of benzene rings is 1. The Labute approximate surface area is 168 Å². The molecule has 5 nitrogen and oxygen atoms in total. The fraction of sp³-hybridized carbons (Fsp3) is 0.667. The zero-order valence-corrected chi connectivity index (χ0v) is 17.9. The number of guanidine groups is 1. The van der Waals surface area contributed by atoms with E-state index in [1.54, 1.807) is 7.11 Å². The van der Waals surface area contributed by atoms with Gasteiger partial charge in [0.2, 0.25) is 0 Å². The van der Waals surface area contributed by atoms with Gasteiger partial charge >= 0.3 is 0 Å². The lowest BCUT2D eigenvalue weighted by molar-refractivity contribution is 0.200. The van der Waals surface area contributed by atoms with Crippen LogP contribution in [0.1, 0.15) is 51.0 Å². The van der Waals surface area contributed by atoms with Gasteiger partial charge in [0.05, 0.1) is 19.8 Å². The minimum atomic E-state index is 0.332. The molecule has 1 aromatic carbocycles. The number of hydrogen-bond acceptors (Lipinski definition) is 4. The third-order valence-electron chi connectivity index (χ3n) is 4.66. The summed E-state index contributed by atoms with van der Waals surface area (Å²) in [7, 11) is 1.70. The fourth-order valence-electron chi connectivity index (χ4n) is 3.18. The highest BCUT2D eigenvalue weighted by Gasteiger charge is 2.18. The van der Waals surface area contributed by atoms with E-state index >= 15 is 0 Å². The molecule has 0 aromatic heterocycles. The van der Waals surface area contributed by atoms with Crippen molar-refractivity contribution < 1.29 is 9.47 Å². The van der Waals surface area contributed by atoms with Crippen molar-refractivity contribution in [3.63, 3.8) is 0 Å². The van der Waals surface area contributed by atoms with E-state index in [4.69, 9.17) is 14.5 Å². The van der Waals surface area contributed by atoms with Gasteiger partial charge in [-0.25, -0.2) is 4.99 Å². The minimum Gasteiger partial charge on any atom is -0.493 e. The van der Waals surface area contributed by atoms with Crippen LogP contribution in [0.5, 0.6) is 11.5 Å². The maximum Gasteiger partial charge on any atom is 0.191 e. The molecule has 0 aliphatic heterocycles. The van der Waals surface area contributed by atoms with Gasteiger partial charge in [-0.2, -0.15) is 11.8 Å². The highest BCUT2D eigenvalue weighted by molar-refractivity contribution is 7.98. The first-order valence-corrected chi connectivity index (χ1v) is 11.5. The Kier molecular flexibility index (Phi) is 10.3. The third kappa shape index (κ3) is 7.91. The van der Waals surface area contributed by atoms with Gasteiger partial charge in [0.1, 0.15) is 0 Å². The average Bonchev–Trinajstić information content (AvgIpc) is 3.19. The first-order chi connectivity index (χ1) is 13.3. The Morgan fingerprint density at radius 2 is 2.00 bits per heavy atom. The molecule has 0 heterocycles. The van der Waals surface area contributed by atoms with E-state index in [0.29, 0.717) is 12.6 Å². The molecule has 0 amide bonds. The number of aliphatic imine (C=N–C) groups is 1. The van der Waals surface area contributed by atoms with E-state index in [1.165, 1.54) is 25.0 Å². The number of methoxy groups -OCH3 is 1. The van der Waals surface area contributed by atoms with Crippen molar-refractivity contribution in [2.45, 2.75) is 58.1 Å². The Balaban J connectivity index is 1.91. The standard InChI is InChI=1S/C21H35N3O2S/c1-4-22-21(23-13-7-8-14-27-3)24-16-17-11-12-19(20(15-17)25-2)26-18-9-5-6-10-18/h11-12,15,18H,4-10,13-14,16H2,1-3H3,(H2,22,23,24). The van der Waals surface area contributed by atoms with Crippen molar-refractivity contribution in [1.82, 2.24) is 10.6 Å². The lowest BCUT2D eigenvalue weighted by atomic mass is 10.2. The average molecular weight is 394 g/mol. The third-order valence-corrected chi connectivity index (χ3v) is 5.35. The summed E-state index contributed by atoms with van der Waals surface area (Å²) >= 11 is 1.90. The van der Waals surface area contributed by atoms with Gasteiger partial charge in [-0.05, 0) is 75.2 Å². The molecule has 0 spiro atoms. The van der Waals surface area contributed by atoms with E-state index in [0.717, 1.165) is 55.4 Å². The van der Waals surface area contributed by atoms with E-state index in [2.05, 4.69) is 29.9 Å². The lowest BCUT2D eigenvalue weighted by Crippen LogP contribution is -2.37. The molecule has 27 heavy (non-hydrogen) atoms. The predicted molar refractivity (Wildman–Crippen MR) is 116 cm³/mol.